The topological polar surface area (TPSA) is 87.7 Å². The third kappa shape index (κ3) is 5.01. The van der Waals surface area contributed by atoms with E-state index in [4.69, 9.17) is 9.84 Å². The number of aliphatic carboxylic acids is 1. The number of ether oxygens (including phenoxy) is 1. The molecule has 138 valence electrons. The number of nitrogens with one attached hydrogen (secondary N) is 2. The first-order valence-electron chi connectivity index (χ1n) is 7.76. The van der Waals surface area contributed by atoms with Gasteiger partial charge in [0.2, 0.25) is 0 Å². The van der Waals surface area contributed by atoms with E-state index in [9.17, 15) is 22.8 Å². The molecule has 1 fully saturated rings. The van der Waals surface area contributed by atoms with Crippen molar-refractivity contribution in [2.75, 3.05) is 12.4 Å². The number of hydrogen-bond acceptors (Lipinski definition) is 3. The lowest BCUT2D eigenvalue weighted by Gasteiger charge is -2.27. The predicted octanol–water partition coefficient (Wildman–Crippen LogP) is 3.48. The summed E-state index contributed by atoms with van der Waals surface area (Å²) in [6.45, 7) is 0. The van der Waals surface area contributed by atoms with Crippen LogP contribution in [0.5, 0.6) is 5.75 Å². The standard InChI is InChI=1S/C16H19F3N2O4/c1-25-11-6-7-13(12(8-11)16(17,18)19)21-15(24)20-10-4-2-9(3-5-10)14(22)23/h6-10H,2-5H2,1H3,(H,22,23)(H2,20,21,24). The van der Waals surface area contributed by atoms with Crippen LogP contribution < -0.4 is 15.4 Å². The molecule has 0 spiro atoms. The van der Waals surface area contributed by atoms with Gasteiger partial charge in [-0.3, -0.25) is 4.79 Å². The van der Waals surface area contributed by atoms with Crippen LogP contribution in [-0.2, 0) is 11.0 Å². The Labute approximate surface area is 142 Å². The molecule has 1 saturated carbocycles. The molecule has 1 aromatic carbocycles. The minimum absolute atomic E-state index is 0.0327. The second-order valence-corrected chi connectivity index (χ2v) is 5.89. The molecule has 2 rings (SSSR count). The van der Waals surface area contributed by atoms with Crippen molar-refractivity contribution in [2.45, 2.75) is 37.9 Å². The van der Waals surface area contributed by atoms with Gasteiger partial charge in [0.15, 0.2) is 0 Å². The monoisotopic (exact) mass is 360 g/mol. The Hall–Kier alpha value is -2.45. The van der Waals surface area contributed by atoms with Gasteiger partial charge in [-0.2, -0.15) is 13.2 Å². The van der Waals surface area contributed by atoms with Gasteiger partial charge in [0.25, 0.3) is 0 Å². The van der Waals surface area contributed by atoms with Gasteiger partial charge in [-0.15, -0.1) is 0 Å². The summed E-state index contributed by atoms with van der Waals surface area (Å²) in [6, 6.07) is 2.25. The zero-order valence-electron chi connectivity index (χ0n) is 13.5. The summed E-state index contributed by atoms with van der Waals surface area (Å²) in [6.07, 6.45) is -2.85. The molecule has 0 radical (unpaired) electrons. The Morgan fingerprint density at radius 1 is 1.20 bits per heavy atom. The molecule has 0 bridgehead atoms. The Bertz CT molecular complexity index is 641. The maximum atomic E-state index is 13.1. The molecule has 0 aliphatic heterocycles. The average molecular weight is 360 g/mol. The highest BCUT2D eigenvalue weighted by Crippen LogP contribution is 2.37. The lowest BCUT2D eigenvalue weighted by Crippen LogP contribution is -2.41. The van der Waals surface area contributed by atoms with E-state index in [1.807, 2.05) is 0 Å². The van der Waals surface area contributed by atoms with E-state index in [2.05, 4.69) is 10.6 Å². The molecule has 0 unspecified atom stereocenters. The van der Waals surface area contributed by atoms with Crippen molar-refractivity contribution in [3.05, 3.63) is 23.8 Å². The van der Waals surface area contributed by atoms with E-state index in [0.29, 0.717) is 25.7 Å². The highest BCUT2D eigenvalue weighted by atomic mass is 19.4. The summed E-state index contributed by atoms with van der Waals surface area (Å²) in [4.78, 5) is 22.9. The van der Waals surface area contributed by atoms with Crippen LogP contribution in [-0.4, -0.2) is 30.3 Å². The van der Waals surface area contributed by atoms with Crippen molar-refractivity contribution in [3.63, 3.8) is 0 Å². The molecule has 1 aliphatic carbocycles. The number of urea groups is 1. The molecule has 25 heavy (non-hydrogen) atoms. The Morgan fingerprint density at radius 3 is 2.36 bits per heavy atom. The second kappa shape index (κ2) is 7.62. The number of carboxylic acid groups (broad SMARTS) is 1. The first-order valence-corrected chi connectivity index (χ1v) is 7.76. The van der Waals surface area contributed by atoms with Crippen molar-refractivity contribution in [2.24, 2.45) is 5.92 Å². The summed E-state index contributed by atoms with van der Waals surface area (Å²) in [5, 5.41) is 13.7. The third-order valence-electron chi connectivity index (χ3n) is 4.19. The SMILES string of the molecule is COc1ccc(NC(=O)NC2CCC(C(=O)O)CC2)c(C(F)(F)F)c1. The van der Waals surface area contributed by atoms with E-state index < -0.39 is 29.7 Å². The van der Waals surface area contributed by atoms with Gasteiger partial charge < -0.3 is 20.5 Å². The summed E-state index contributed by atoms with van der Waals surface area (Å²) in [5.74, 6) is -1.26. The van der Waals surface area contributed by atoms with E-state index in [1.54, 1.807) is 0 Å². The van der Waals surface area contributed by atoms with E-state index in [0.717, 1.165) is 12.1 Å². The number of carboxylic acids is 1. The largest absolute Gasteiger partial charge is 0.497 e. The molecular formula is C16H19F3N2O4. The van der Waals surface area contributed by atoms with Crippen LogP contribution in [0.25, 0.3) is 0 Å². The molecule has 0 saturated heterocycles. The van der Waals surface area contributed by atoms with E-state index >= 15 is 0 Å². The molecule has 3 N–H and O–H groups in total. The van der Waals surface area contributed by atoms with Gasteiger partial charge in [0.05, 0.1) is 24.3 Å². The second-order valence-electron chi connectivity index (χ2n) is 5.89. The zero-order valence-corrected chi connectivity index (χ0v) is 13.5. The Kier molecular flexibility index (Phi) is 5.76. The van der Waals surface area contributed by atoms with Gasteiger partial charge in [-0.05, 0) is 43.9 Å². The number of carbonyl (C=O) groups is 2. The summed E-state index contributed by atoms with van der Waals surface area (Å²) in [7, 11) is 1.25. The predicted molar refractivity (Wildman–Crippen MR) is 83.5 cm³/mol. The molecule has 9 heteroatoms. The minimum Gasteiger partial charge on any atom is -0.497 e. The Balaban J connectivity index is 2.00. The van der Waals surface area contributed by atoms with Crippen molar-refractivity contribution in [1.29, 1.82) is 0 Å². The summed E-state index contributed by atoms with van der Waals surface area (Å²) in [5.41, 5.74) is -1.37. The van der Waals surface area contributed by atoms with Crippen molar-refractivity contribution in [1.82, 2.24) is 5.32 Å². The van der Waals surface area contributed by atoms with Crippen LogP contribution in [0.1, 0.15) is 31.2 Å². The first kappa shape index (κ1) is 18.9. The van der Waals surface area contributed by atoms with Gasteiger partial charge in [-0.1, -0.05) is 0 Å². The van der Waals surface area contributed by atoms with Crippen molar-refractivity contribution < 1.29 is 32.6 Å². The highest BCUT2D eigenvalue weighted by Gasteiger charge is 2.35. The van der Waals surface area contributed by atoms with E-state index in [-0.39, 0.29) is 17.5 Å². The average Bonchev–Trinajstić information content (AvgIpc) is 2.54. The zero-order chi connectivity index (χ0) is 18.6. The fourth-order valence-electron chi connectivity index (χ4n) is 2.82. The van der Waals surface area contributed by atoms with Gasteiger partial charge in [0, 0.05) is 6.04 Å². The third-order valence-corrected chi connectivity index (χ3v) is 4.19. The number of anilines is 1. The molecule has 2 amide bonds. The van der Waals surface area contributed by atoms with Crippen molar-refractivity contribution in [3.8, 4) is 5.75 Å². The number of halogens is 3. The fourth-order valence-corrected chi connectivity index (χ4v) is 2.82. The quantitative estimate of drug-likeness (QED) is 0.767. The fraction of sp³-hybridized carbons (Fsp3) is 0.500. The lowest BCUT2D eigenvalue weighted by atomic mass is 9.86. The number of alkyl halides is 3. The number of amides is 2. The number of methoxy groups -OCH3 is 1. The number of rotatable bonds is 4. The molecule has 0 atom stereocenters. The summed E-state index contributed by atoms with van der Waals surface area (Å²) >= 11 is 0. The number of hydrogen-bond donors (Lipinski definition) is 3. The lowest BCUT2D eigenvalue weighted by molar-refractivity contribution is -0.143. The van der Waals surface area contributed by atoms with Crippen LogP contribution in [0.15, 0.2) is 18.2 Å². The van der Waals surface area contributed by atoms with Crippen LogP contribution in [0.2, 0.25) is 0 Å². The highest BCUT2D eigenvalue weighted by molar-refractivity contribution is 5.90. The molecule has 6 nitrogen and oxygen atoms in total. The van der Waals surface area contributed by atoms with Crippen LogP contribution in [0, 0.1) is 5.92 Å². The molecule has 0 heterocycles. The first-order chi connectivity index (χ1) is 11.7. The van der Waals surface area contributed by atoms with Crippen LogP contribution in [0.4, 0.5) is 23.7 Å². The maximum absolute atomic E-state index is 13.1. The number of benzene rings is 1. The molecule has 0 aromatic heterocycles. The Morgan fingerprint density at radius 2 is 1.84 bits per heavy atom. The van der Waals surface area contributed by atoms with Gasteiger partial charge >= 0.3 is 18.2 Å². The van der Waals surface area contributed by atoms with Gasteiger partial charge in [0.1, 0.15) is 5.75 Å². The minimum atomic E-state index is -4.64. The maximum Gasteiger partial charge on any atom is 0.418 e. The van der Waals surface area contributed by atoms with E-state index in [1.165, 1.54) is 13.2 Å². The normalized spacial score (nSPS) is 20.6. The molecular weight excluding hydrogens is 341 g/mol. The smallest absolute Gasteiger partial charge is 0.418 e. The molecule has 1 aromatic rings. The van der Waals surface area contributed by atoms with Crippen molar-refractivity contribution >= 4 is 17.7 Å². The van der Waals surface area contributed by atoms with Crippen LogP contribution in [0.3, 0.4) is 0 Å². The number of carbonyl (C=O) groups excluding carboxylic acids is 1. The molecule has 1 aliphatic rings. The summed E-state index contributed by atoms with van der Waals surface area (Å²) < 4.78 is 44.1. The van der Waals surface area contributed by atoms with Crippen LogP contribution >= 0.6 is 0 Å². The van der Waals surface area contributed by atoms with Gasteiger partial charge in [-0.25, -0.2) is 4.79 Å².